The van der Waals surface area contributed by atoms with Crippen LogP contribution in [0.1, 0.15) is 17.4 Å². The van der Waals surface area contributed by atoms with Crippen molar-refractivity contribution in [2.75, 3.05) is 12.8 Å². The number of hydrogen-bond acceptors (Lipinski definition) is 4. The van der Waals surface area contributed by atoms with E-state index >= 15 is 0 Å². The summed E-state index contributed by atoms with van der Waals surface area (Å²) in [6, 6.07) is 11.3. The van der Waals surface area contributed by atoms with Crippen molar-refractivity contribution >= 4 is 16.7 Å². The minimum atomic E-state index is -1.09. The number of nitrogen functional groups attached to an aromatic ring is 1. The maximum Gasteiger partial charge on any atom is 0.170 e. The number of hydrogen-bond donors (Lipinski definition) is 2. The first-order valence-electron chi connectivity index (χ1n) is 6.40. The Bertz CT molecular complexity index is 797. The third-order valence-corrected chi connectivity index (χ3v) is 3.40. The number of fused-ring (bicyclic) bond motifs is 1. The van der Waals surface area contributed by atoms with Crippen LogP contribution in [0, 0.1) is 5.82 Å². The molecule has 0 aliphatic carbocycles. The van der Waals surface area contributed by atoms with Crippen molar-refractivity contribution in [1.82, 2.24) is 0 Å². The second-order valence-corrected chi connectivity index (χ2v) is 4.67. The molecular formula is C16H14FNO3. The van der Waals surface area contributed by atoms with E-state index in [9.17, 15) is 9.50 Å². The first kappa shape index (κ1) is 13.5. The molecule has 0 aliphatic heterocycles. The Morgan fingerprint density at radius 3 is 2.71 bits per heavy atom. The molecule has 3 rings (SSSR count). The predicted octanol–water partition coefficient (Wildman–Crippen LogP) is 3.24. The van der Waals surface area contributed by atoms with Crippen LogP contribution in [0.5, 0.6) is 5.75 Å². The fourth-order valence-electron chi connectivity index (χ4n) is 2.31. The van der Waals surface area contributed by atoms with Gasteiger partial charge in [-0.2, -0.15) is 0 Å². The van der Waals surface area contributed by atoms with Gasteiger partial charge in [0.15, 0.2) is 11.4 Å². The summed E-state index contributed by atoms with van der Waals surface area (Å²) in [5.41, 5.74) is 6.85. The van der Waals surface area contributed by atoms with Crippen molar-refractivity contribution in [1.29, 1.82) is 0 Å². The van der Waals surface area contributed by atoms with Crippen LogP contribution in [0.4, 0.5) is 10.1 Å². The number of anilines is 1. The van der Waals surface area contributed by atoms with Crippen LogP contribution < -0.4 is 10.5 Å². The van der Waals surface area contributed by atoms with E-state index in [2.05, 4.69) is 0 Å². The van der Waals surface area contributed by atoms with Crippen molar-refractivity contribution in [2.24, 2.45) is 0 Å². The summed E-state index contributed by atoms with van der Waals surface area (Å²) >= 11 is 0. The number of methoxy groups -OCH3 is 1. The maximum atomic E-state index is 13.6. The molecule has 1 heterocycles. The molecule has 0 radical (unpaired) electrons. The molecule has 0 fully saturated rings. The largest absolute Gasteiger partial charge is 0.495 e. The van der Waals surface area contributed by atoms with Crippen molar-refractivity contribution in [3.63, 3.8) is 0 Å². The SMILES string of the molecule is COc1cccc(C(O)c2cc3cccc(F)c3o2)c1N. The van der Waals surface area contributed by atoms with Crippen LogP contribution in [0.25, 0.3) is 11.0 Å². The molecule has 0 saturated heterocycles. The summed E-state index contributed by atoms with van der Waals surface area (Å²) in [4.78, 5) is 0. The van der Waals surface area contributed by atoms with Gasteiger partial charge in [-0.25, -0.2) is 4.39 Å². The number of aliphatic hydroxyl groups is 1. The lowest BCUT2D eigenvalue weighted by Crippen LogP contribution is -2.04. The minimum Gasteiger partial charge on any atom is -0.495 e. The number of halogens is 1. The Balaban J connectivity index is 2.08. The molecular weight excluding hydrogens is 273 g/mol. The van der Waals surface area contributed by atoms with Crippen LogP contribution >= 0.6 is 0 Å². The second-order valence-electron chi connectivity index (χ2n) is 4.67. The summed E-state index contributed by atoms with van der Waals surface area (Å²) < 4.78 is 24.2. The highest BCUT2D eigenvalue weighted by Gasteiger charge is 2.20. The van der Waals surface area contributed by atoms with E-state index in [1.165, 1.54) is 13.2 Å². The van der Waals surface area contributed by atoms with Crippen LogP contribution in [0.3, 0.4) is 0 Å². The number of ether oxygens (including phenoxy) is 1. The molecule has 108 valence electrons. The zero-order valence-corrected chi connectivity index (χ0v) is 11.3. The van der Waals surface area contributed by atoms with Gasteiger partial charge in [-0.1, -0.05) is 24.3 Å². The second kappa shape index (κ2) is 5.10. The molecule has 3 N–H and O–H groups in total. The molecule has 21 heavy (non-hydrogen) atoms. The first-order chi connectivity index (χ1) is 10.1. The molecule has 0 bridgehead atoms. The minimum absolute atomic E-state index is 0.119. The van der Waals surface area contributed by atoms with Crippen LogP contribution in [-0.4, -0.2) is 12.2 Å². The molecule has 5 heteroatoms. The Hall–Kier alpha value is -2.53. The zero-order valence-electron chi connectivity index (χ0n) is 11.3. The third-order valence-electron chi connectivity index (χ3n) is 3.40. The van der Waals surface area contributed by atoms with Gasteiger partial charge < -0.3 is 20.0 Å². The number of para-hydroxylation sites is 2. The lowest BCUT2D eigenvalue weighted by molar-refractivity contribution is 0.192. The van der Waals surface area contributed by atoms with Crippen molar-refractivity contribution in [2.45, 2.75) is 6.10 Å². The Morgan fingerprint density at radius 2 is 2.00 bits per heavy atom. The number of furan rings is 1. The normalized spacial score (nSPS) is 12.5. The molecule has 3 aromatic rings. The smallest absolute Gasteiger partial charge is 0.170 e. The van der Waals surface area contributed by atoms with Gasteiger partial charge in [-0.15, -0.1) is 0 Å². The standard InChI is InChI=1S/C16H14FNO3/c1-20-12-7-3-5-10(14(12)18)15(19)13-8-9-4-2-6-11(17)16(9)21-13/h2-8,15,19H,18H2,1H3. The number of rotatable bonds is 3. The fourth-order valence-corrected chi connectivity index (χ4v) is 2.31. The van der Waals surface area contributed by atoms with Gasteiger partial charge in [0.2, 0.25) is 0 Å². The van der Waals surface area contributed by atoms with Gasteiger partial charge >= 0.3 is 0 Å². The summed E-state index contributed by atoms with van der Waals surface area (Å²) in [6.07, 6.45) is -1.09. The number of nitrogens with two attached hydrogens (primary N) is 1. The molecule has 1 unspecified atom stereocenters. The molecule has 0 amide bonds. The van der Waals surface area contributed by atoms with Crippen molar-refractivity contribution in [3.8, 4) is 5.75 Å². The average molecular weight is 287 g/mol. The third kappa shape index (κ3) is 2.21. The molecule has 4 nitrogen and oxygen atoms in total. The van der Waals surface area contributed by atoms with Gasteiger partial charge in [-0.05, 0) is 18.2 Å². The quantitative estimate of drug-likeness (QED) is 0.726. The van der Waals surface area contributed by atoms with Gasteiger partial charge in [-0.3, -0.25) is 0 Å². The highest BCUT2D eigenvalue weighted by Crippen LogP contribution is 2.35. The van der Waals surface area contributed by atoms with Crippen molar-refractivity contribution < 1.29 is 18.7 Å². The van der Waals surface area contributed by atoms with E-state index in [0.717, 1.165) is 0 Å². The Kier molecular flexibility index (Phi) is 3.27. The van der Waals surface area contributed by atoms with Gasteiger partial charge in [0.05, 0.1) is 12.8 Å². The summed E-state index contributed by atoms with van der Waals surface area (Å²) in [7, 11) is 1.50. The average Bonchev–Trinajstić information content (AvgIpc) is 2.92. The van der Waals surface area contributed by atoms with Crippen LogP contribution in [-0.2, 0) is 0 Å². The highest BCUT2D eigenvalue weighted by atomic mass is 19.1. The highest BCUT2D eigenvalue weighted by molar-refractivity contribution is 5.78. The number of benzene rings is 2. The van der Waals surface area contributed by atoms with Gasteiger partial charge in [0, 0.05) is 10.9 Å². The summed E-state index contributed by atoms with van der Waals surface area (Å²) in [6.45, 7) is 0. The fraction of sp³-hybridized carbons (Fsp3) is 0.125. The van der Waals surface area contributed by atoms with Gasteiger partial charge in [0.1, 0.15) is 17.6 Å². The van der Waals surface area contributed by atoms with E-state index in [1.54, 1.807) is 36.4 Å². The topological polar surface area (TPSA) is 68.6 Å². The molecule has 0 aliphatic rings. The van der Waals surface area contributed by atoms with Crippen LogP contribution in [0.2, 0.25) is 0 Å². The van der Waals surface area contributed by atoms with Gasteiger partial charge in [0.25, 0.3) is 0 Å². The monoisotopic (exact) mass is 287 g/mol. The lowest BCUT2D eigenvalue weighted by atomic mass is 10.0. The summed E-state index contributed by atoms with van der Waals surface area (Å²) in [5.74, 6) is 0.230. The Morgan fingerprint density at radius 1 is 1.24 bits per heavy atom. The van der Waals surface area contributed by atoms with Crippen molar-refractivity contribution in [3.05, 3.63) is 59.6 Å². The lowest BCUT2D eigenvalue weighted by Gasteiger charge is -2.13. The number of aliphatic hydroxyl groups excluding tert-OH is 1. The van der Waals surface area contributed by atoms with E-state index in [4.69, 9.17) is 14.9 Å². The molecule has 0 spiro atoms. The van der Waals surface area contributed by atoms with E-state index in [1.807, 2.05) is 0 Å². The van der Waals surface area contributed by atoms with E-state index in [0.29, 0.717) is 22.4 Å². The van der Waals surface area contributed by atoms with Crippen LogP contribution in [0.15, 0.2) is 46.9 Å². The molecule has 1 aromatic heterocycles. The molecule has 2 aromatic carbocycles. The predicted molar refractivity (Wildman–Crippen MR) is 77.6 cm³/mol. The summed E-state index contributed by atoms with van der Waals surface area (Å²) in [5, 5.41) is 11.0. The maximum absolute atomic E-state index is 13.6. The Labute approximate surface area is 120 Å². The zero-order chi connectivity index (χ0) is 15.0. The molecule has 1 atom stereocenters. The first-order valence-corrected chi connectivity index (χ1v) is 6.40. The molecule has 0 saturated carbocycles. The van der Waals surface area contributed by atoms with E-state index in [-0.39, 0.29) is 11.3 Å². The van der Waals surface area contributed by atoms with E-state index < -0.39 is 11.9 Å².